The highest BCUT2D eigenvalue weighted by Gasteiger charge is 2.50. The molecule has 1 saturated heterocycles. The lowest BCUT2D eigenvalue weighted by Crippen LogP contribution is -2.46. The predicted octanol–water partition coefficient (Wildman–Crippen LogP) is 2.14. The molecule has 0 amide bonds. The fraction of sp³-hybridized carbons (Fsp3) is 0.562. The second-order valence-corrected chi connectivity index (χ2v) is 6.32. The Morgan fingerprint density at radius 2 is 2.30 bits per heavy atom. The summed E-state index contributed by atoms with van der Waals surface area (Å²) in [6.07, 6.45) is 3.55. The normalized spacial score (nSPS) is 32.5. The van der Waals surface area contributed by atoms with Gasteiger partial charge in [0.1, 0.15) is 11.5 Å². The summed E-state index contributed by atoms with van der Waals surface area (Å²) in [5.41, 5.74) is 2.57. The highest BCUT2D eigenvalue weighted by molar-refractivity contribution is 5.81. The number of likely N-dealkylation sites (tertiary alicyclic amines) is 1. The van der Waals surface area contributed by atoms with Gasteiger partial charge in [0.2, 0.25) is 0 Å². The zero-order valence-corrected chi connectivity index (χ0v) is 11.8. The Labute approximate surface area is 119 Å². The number of hydrogen-bond donors (Lipinski definition) is 1. The van der Waals surface area contributed by atoms with Gasteiger partial charge in [-0.05, 0) is 44.1 Å². The highest BCUT2D eigenvalue weighted by Crippen LogP contribution is 2.49. The molecule has 4 rings (SSSR count). The molecule has 2 fully saturated rings. The van der Waals surface area contributed by atoms with E-state index in [2.05, 4.69) is 35.5 Å². The number of Topliss-reactive ketones (excluding diaryl/α,β-unsaturated/α-hetero) is 1. The largest absolute Gasteiger partial charge is 0.471 e. The topological polar surface area (TPSA) is 41.6 Å². The molecule has 1 aromatic rings. The number of rotatable bonds is 1. The second kappa shape index (κ2) is 4.22. The summed E-state index contributed by atoms with van der Waals surface area (Å²) in [7, 11) is 2.15. The Balaban J connectivity index is 1.77. The second-order valence-electron chi connectivity index (χ2n) is 6.32. The summed E-state index contributed by atoms with van der Waals surface area (Å²) in [5.74, 6) is 1.38. The number of ether oxygens (including phenoxy) is 1. The molecule has 1 aliphatic carbocycles. The molecule has 106 valence electrons. The number of nitrogens with zero attached hydrogens (tertiary/aromatic N) is 1. The molecular formula is C16H20N2O2. The van der Waals surface area contributed by atoms with Crippen molar-refractivity contribution >= 4 is 11.5 Å². The lowest BCUT2D eigenvalue weighted by Gasteiger charge is -2.41. The molecule has 2 aliphatic heterocycles. The van der Waals surface area contributed by atoms with E-state index in [4.69, 9.17) is 4.74 Å². The van der Waals surface area contributed by atoms with Crippen LogP contribution in [0.3, 0.4) is 0 Å². The maximum atomic E-state index is 11.9. The van der Waals surface area contributed by atoms with Gasteiger partial charge in [0.15, 0.2) is 6.73 Å². The van der Waals surface area contributed by atoms with Crippen LogP contribution in [0.5, 0.6) is 5.75 Å². The van der Waals surface area contributed by atoms with Crippen molar-refractivity contribution in [1.29, 1.82) is 0 Å². The Morgan fingerprint density at radius 1 is 1.40 bits per heavy atom. The van der Waals surface area contributed by atoms with Crippen LogP contribution in [0, 0.1) is 0 Å². The van der Waals surface area contributed by atoms with E-state index >= 15 is 0 Å². The molecule has 2 atom stereocenters. The average Bonchev–Trinajstić information content (AvgIpc) is 3.04. The molecule has 3 aliphatic rings. The monoisotopic (exact) mass is 272 g/mol. The lowest BCUT2D eigenvalue weighted by molar-refractivity contribution is -0.122. The van der Waals surface area contributed by atoms with Gasteiger partial charge in [-0.15, -0.1) is 0 Å². The van der Waals surface area contributed by atoms with Crippen LogP contribution in [-0.2, 0) is 10.2 Å². The third-order valence-electron chi connectivity index (χ3n) is 5.40. The van der Waals surface area contributed by atoms with Crippen molar-refractivity contribution in [2.45, 2.75) is 37.1 Å². The van der Waals surface area contributed by atoms with Crippen LogP contribution in [0.2, 0.25) is 0 Å². The first-order valence-electron chi connectivity index (χ1n) is 7.42. The van der Waals surface area contributed by atoms with E-state index in [9.17, 15) is 4.79 Å². The van der Waals surface area contributed by atoms with Gasteiger partial charge >= 0.3 is 0 Å². The first-order chi connectivity index (χ1) is 9.69. The van der Waals surface area contributed by atoms with Crippen molar-refractivity contribution in [2.75, 3.05) is 25.6 Å². The third-order valence-corrected chi connectivity index (χ3v) is 5.40. The summed E-state index contributed by atoms with van der Waals surface area (Å²) in [4.78, 5) is 14.2. The fourth-order valence-corrected chi connectivity index (χ4v) is 4.21. The van der Waals surface area contributed by atoms with Gasteiger partial charge in [0.05, 0.1) is 5.69 Å². The molecule has 0 spiro atoms. The van der Waals surface area contributed by atoms with Crippen LogP contribution in [-0.4, -0.2) is 37.0 Å². The first kappa shape index (κ1) is 12.2. The van der Waals surface area contributed by atoms with E-state index in [1.54, 1.807) is 0 Å². The number of fused-ring (bicyclic) bond motifs is 2. The predicted molar refractivity (Wildman–Crippen MR) is 77.1 cm³/mol. The zero-order chi connectivity index (χ0) is 13.7. The zero-order valence-electron chi connectivity index (χ0n) is 11.8. The minimum atomic E-state index is 0.143. The van der Waals surface area contributed by atoms with Crippen molar-refractivity contribution < 1.29 is 9.53 Å². The summed E-state index contributed by atoms with van der Waals surface area (Å²) in [5, 5.41) is 3.22. The van der Waals surface area contributed by atoms with Crippen LogP contribution < -0.4 is 10.1 Å². The van der Waals surface area contributed by atoms with Crippen molar-refractivity contribution in [3.05, 3.63) is 23.8 Å². The van der Waals surface area contributed by atoms with E-state index < -0.39 is 0 Å². The van der Waals surface area contributed by atoms with Crippen LogP contribution in [0.15, 0.2) is 18.2 Å². The van der Waals surface area contributed by atoms with E-state index in [0.717, 1.165) is 37.2 Å². The Kier molecular flexibility index (Phi) is 2.58. The summed E-state index contributed by atoms with van der Waals surface area (Å²) >= 11 is 0. The number of anilines is 1. The number of hydrogen-bond acceptors (Lipinski definition) is 4. The molecule has 0 bridgehead atoms. The quantitative estimate of drug-likeness (QED) is 0.850. The number of carbonyl (C=O) groups excluding carboxylic acids is 1. The van der Waals surface area contributed by atoms with Crippen molar-refractivity contribution in [2.24, 2.45) is 0 Å². The van der Waals surface area contributed by atoms with Crippen LogP contribution in [0.4, 0.5) is 5.69 Å². The number of benzene rings is 1. The molecule has 0 radical (unpaired) electrons. The van der Waals surface area contributed by atoms with Crippen LogP contribution >= 0.6 is 0 Å². The standard InChI is InChI=1S/C16H20N2O2/c1-18-7-6-16(5-4-12(19)9-15(16)18)11-2-3-13-14(8-11)20-10-17-13/h2-3,8,15,17H,4-7,9-10H2,1H3/t15-,16-/m0/s1. The minimum absolute atomic E-state index is 0.143. The summed E-state index contributed by atoms with van der Waals surface area (Å²) < 4.78 is 5.63. The molecule has 20 heavy (non-hydrogen) atoms. The molecule has 1 N–H and O–H groups in total. The molecule has 0 unspecified atom stereocenters. The Hall–Kier alpha value is -1.55. The fourth-order valence-electron chi connectivity index (χ4n) is 4.21. The number of carbonyl (C=O) groups is 1. The maximum absolute atomic E-state index is 11.9. The SMILES string of the molecule is CN1CC[C@]2(c3ccc4c(c3)OCN4)CCC(=O)C[C@H]12. The van der Waals surface area contributed by atoms with Crippen molar-refractivity contribution in [1.82, 2.24) is 4.90 Å². The van der Waals surface area contributed by atoms with Crippen molar-refractivity contribution in [3.63, 3.8) is 0 Å². The molecule has 1 aromatic carbocycles. The van der Waals surface area contributed by atoms with Crippen LogP contribution in [0.1, 0.15) is 31.2 Å². The van der Waals surface area contributed by atoms with E-state index in [0.29, 0.717) is 25.0 Å². The highest BCUT2D eigenvalue weighted by atomic mass is 16.5. The molecule has 2 heterocycles. The molecule has 0 aromatic heterocycles. The summed E-state index contributed by atoms with van der Waals surface area (Å²) in [6.45, 7) is 1.64. The third kappa shape index (κ3) is 1.61. The van der Waals surface area contributed by atoms with Crippen molar-refractivity contribution in [3.8, 4) is 5.75 Å². The lowest BCUT2D eigenvalue weighted by atomic mass is 9.66. The first-order valence-corrected chi connectivity index (χ1v) is 7.42. The van der Waals surface area contributed by atoms with Gasteiger partial charge in [-0.2, -0.15) is 0 Å². The molecule has 4 heteroatoms. The molecule has 4 nitrogen and oxygen atoms in total. The molecule has 1 saturated carbocycles. The van der Waals surface area contributed by atoms with Gasteiger partial charge in [-0.25, -0.2) is 0 Å². The average molecular weight is 272 g/mol. The van der Waals surface area contributed by atoms with E-state index in [-0.39, 0.29) is 5.41 Å². The van der Waals surface area contributed by atoms with Gasteiger partial charge in [0.25, 0.3) is 0 Å². The number of likely N-dealkylation sites (N-methyl/N-ethyl adjacent to an activating group) is 1. The van der Waals surface area contributed by atoms with Crippen LogP contribution in [0.25, 0.3) is 0 Å². The van der Waals surface area contributed by atoms with Gasteiger partial charge in [-0.3, -0.25) is 4.79 Å². The van der Waals surface area contributed by atoms with E-state index in [1.807, 2.05) is 0 Å². The van der Waals surface area contributed by atoms with Gasteiger partial charge in [-0.1, -0.05) is 6.07 Å². The van der Waals surface area contributed by atoms with Gasteiger partial charge < -0.3 is 15.0 Å². The number of ketones is 1. The Bertz CT molecular complexity index is 572. The minimum Gasteiger partial charge on any atom is -0.471 e. The van der Waals surface area contributed by atoms with E-state index in [1.165, 1.54) is 5.56 Å². The Morgan fingerprint density at radius 3 is 3.20 bits per heavy atom. The smallest absolute Gasteiger partial charge is 0.159 e. The van der Waals surface area contributed by atoms with Gasteiger partial charge in [0, 0.05) is 24.3 Å². The number of nitrogens with one attached hydrogen (secondary N) is 1. The summed E-state index contributed by atoms with van der Waals surface area (Å²) in [6, 6.07) is 6.90. The maximum Gasteiger partial charge on any atom is 0.159 e. The molecular weight excluding hydrogens is 252 g/mol.